The lowest BCUT2D eigenvalue weighted by Crippen LogP contribution is -2.20. The largest absolute Gasteiger partial charge is 0.507 e. The van der Waals surface area contributed by atoms with Gasteiger partial charge in [-0.3, -0.25) is 4.79 Å². The Labute approximate surface area is 211 Å². The zero-order valence-electron chi connectivity index (χ0n) is 21.5. The lowest BCUT2D eigenvalue weighted by atomic mass is 9.78. The Morgan fingerprint density at radius 3 is 2.18 bits per heavy atom. The smallest absolute Gasteiger partial charge is 0.240 e. The standard InChI is InChI=1S/C27H37BrN2O4/c1-9-34-25-21(28)14-18(15-22(25)33-8)16-29-30-23(31)11-10-17-12-19(26(2,3)4)24(32)20(13-17)27(5,6)7/h12-16,32H,9-11H2,1-8H3,(H,30,31)/b29-16-. The molecule has 0 aliphatic heterocycles. The number of hydrogen-bond acceptors (Lipinski definition) is 5. The Balaban J connectivity index is 2.11. The van der Waals surface area contributed by atoms with Gasteiger partial charge >= 0.3 is 0 Å². The molecule has 0 heterocycles. The number of carbonyl (C=O) groups excluding carboxylic acids is 1. The van der Waals surface area contributed by atoms with Crippen LogP contribution in [0.1, 0.15) is 77.1 Å². The second-order valence-electron chi connectivity index (χ2n) is 10.3. The summed E-state index contributed by atoms with van der Waals surface area (Å²) in [6.07, 6.45) is 2.40. The number of nitrogens with zero attached hydrogens (tertiary/aromatic N) is 1. The van der Waals surface area contributed by atoms with Crippen molar-refractivity contribution in [2.75, 3.05) is 13.7 Å². The fourth-order valence-electron chi connectivity index (χ4n) is 3.57. The monoisotopic (exact) mass is 532 g/mol. The van der Waals surface area contributed by atoms with Crippen LogP contribution >= 0.6 is 15.9 Å². The van der Waals surface area contributed by atoms with Gasteiger partial charge in [0.15, 0.2) is 11.5 Å². The Hall–Kier alpha value is -2.54. The SMILES string of the molecule is CCOc1c(Br)cc(/C=N\NC(=O)CCc2cc(C(C)(C)C)c(O)c(C(C)(C)C)c2)cc1OC. The van der Waals surface area contributed by atoms with E-state index >= 15 is 0 Å². The molecule has 6 nitrogen and oxygen atoms in total. The van der Waals surface area contributed by atoms with E-state index in [2.05, 4.69) is 68.0 Å². The fourth-order valence-corrected chi connectivity index (χ4v) is 4.15. The van der Waals surface area contributed by atoms with E-state index in [9.17, 15) is 9.90 Å². The average molecular weight is 534 g/mol. The highest BCUT2D eigenvalue weighted by Gasteiger charge is 2.26. The number of amides is 1. The first-order chi connectivity index (χ1) is 15.8. The topological polar surface area (TPSA) is 80.2 Å². The van der Waals surface area contributed by atoms with Crippen molar-refractivity contribution in [3.63, 3.8) is 0 Å². The van der Waals surface area contributed by atoms with Gasteiger partial charge in [-0.15, -0.1) is 0 Å². The number of phenols is 1. The van der Waals surface area contributed by atoms with E-state index in [4.69, 9.17) is 9.47 Å². The van der Waals surface area contributed by atoms with Crippen LogP contribution in [0.3, 0.4) is 0 Å². The van der Waals surface area contributed by atoms with Crippen molar-refractivity contribution in [1.82, 2.24) is 5.43 Å². The normalized spacial score (nSPS) is 12.1. The van der Waals surface area contributed by atoms with Crippen molar-refractivity contribution in [3.8, 4) is 17.2 Å². The summed E-state index contributed by atoms with van der Waals surface area (Å²) in [6, 6.07) is 7.65. The van der Waals surface area contributed by atoms with Gasteiger partial charge in [-0.1, -0.05) is 53.7 Å². The summed E-state index contributed by atoms with van der Waals surface area (Å²) in [7, 11) is 1.58. The van der Waals surface area contributed by atoms with Gasteiger partial charge in [0.05, 0.1) is 24.4 Å². The zero-order chi connectivity index (χ0) is 25.7. The molecule has 1 amide bonds. The van der Waals surface area contributed by atoms with Crippen molar-refractivity contribution in [3.05, 3.63) is 51.0 Å². The number of carbonyl (C=O) groups is 1. The van der Waals surface area contributed by atoms with Gasteiger partial charge in [-0.2, -0.15) is 5.10 Å². The molecular weight excluding hydrogens is 496 g/mol. The number of rotatable bonds is 8. The third kappa shape index (κ3) is 7.23. The van der Waals surface area contributed by atoms with Gasteiger partial charge in [-0.05, 0) is 74.5 Å². The number of hydrogen-bond donors (Lipinski definition) is 2. The number of benzene rings is 2. The first-order valence-corrected chi connectivity index (χ1v) is 12.3. The average Bonchev–Trinajstić information content (AvgIpc) is 2.73. The lowest BCUT2D eigenvalue weighted by Gasteiger charge is -2.28. The first-order valence-electron chi connectivity index (χ1n) is 11.5. The van der Waals surface area contributed by atoms with Crippen LogP contribution in [0.5, 0.6) is 17.2 Å². The molecule has 2 rings (SSSR count). The molecular formula is C27H37BrN2O4. The van der Waals surface area contributed by atoms with Gasteiger partial charge in [0, 0.05) is 6.42 Å². The second-order valence-corrected chi connectivity index (χ2v) is 11.2. The Kier molecular flexibility index (Phi) is 9.17. The summed E-state index contributed by atoms with van der Waals surface area (Å²) in [6.45, 7) is 14.9. The Morgan fingerprint density at radius 2 is 1.68 bits per heavy atom. The molecule has 186 valence electrons. The van der Waals surface area contributed by atoms with Gasteiger partial charge in [0.2, 0.25) is 5.91 Å². The number of hydrazone groups is 1. The number of nitrogens with one attached hydrogen (secondary N) is 1. The Bertz CT molecular complexity index is 1010. The second kappa shape index (κ2) is 11.3. The van der Waals surface area contributed by atoms with Gasteiger partial charge in [0.25, 0.3) is 0 Å². The van der Waals surface area contributed by atoms with Gasteiger partial charge in [-0.25, -0.2) is 5.43 Å². The molecule has 0 aliphatic rings. The highest BCUT2D eigenvalue weighted by Crippen LogP contribution is 2.40. The zero-order valence-corrected chi connectivity index (χ0v) is 23.1. The third-order valence-electron chi connectivity index (χ3n) is 5.37. The predicted octanol–water partition coefficient (Wildman–Crippen LogP) is 6.24. The number of phenolic OH excluding ortho intramolecular Hbond substituents is 1. The van der Waals surface area contributed by atoms with Crippen molar-refractivity contribution in [2.45, 2.75) is 72.1 Å². The molecule has 2 aromatic carbocycles. The van der Waals surface area contributed by atoms with Crippen molar-refractivity contribution >= 4 is 28.1 Å². The van der Waals surface area contributed by atoms with E-state index in [-0.39, 0.29) is 23.2 Å². The maximum atomic E-state index is 12.4. The third-order valence-corrected chi connectivity index (χ3v) is 5.96. The van der Waals surface area contributed by atoms with E-state index in [1.54, 1.807) is 19.4 Å². The molecule has 0 saturated heterocycles. The van der Waals surface area contributed by atoms with E-state index in [1.165, 1.54) is 0 Å². The fraction of sp³-hybridized carbons (Fsp3) is 0.481. The van der Waals surface area contributed by atoms with Crippen LogP contribution in [-0.4, -0.2) is 30.9 Å². The molecule has 0 atom stereocenters. The molecule has 0 spiro atoms. The Morgan fingerprint density at radius 1 is 1.09 bits per heavy atom. The summed E-state index contributed by atoms with van der Waals surface area (Å²) >= 11 is 3.48. The molecule has 0 fully saturated rings. The van der Waals surface area contributed by atoms with Crippen molar-refractivity contribution in [2.24, 2.45) is 5.10 Å². The molecule has 0 bridgehead atoms. The van der Waals surface area contributed by atoms with E-state index in [0.717, 1.165) is 26.7 Å². The highest BCUT2D eigenvalue weighted by atomic mass is 79.9. The highest BCUT2D eigenvalue weighted by molar-refractivity contribution is 9.10. The van der Waals surface area contributed by atoms with Gasteiger partial charge in [0.1, 0.15) is 5.75 Å². The van der Waals surface area contributed by atoms with E-state index in [1.807, 2.05) is 25.1 Å². The molecule has 7 heteroatoms. The maximum absolute atomic E-state index is 12.4. The minimum absolute atomic E-state index is 0.184. The molecule has 0 saturated carbocycles. The lowest BCUT2D eigenvalue weighted by molar-refractivity contribution is -0.121. The quantitative estimate of drug-likeness (QED) is 0.311. The summed E-state index contributed by atoms with van der Waals surface area (Å²) in [5.74, 6) is 1.37. The van der Waals surface area contributed by atoms with Crippen LogP contribution in [0.4, 0.5) is 0 Å². The molecule has 2 aromatic rings. The molecule has 0 unspecified atom stereocenters. The number of methoxy groups -OCH3 is 1. The molecule has 0 aromatic heterocycles. The van der Waals surface area contributed by atoms with Crippen LogP contribution in [0.2, 0.25) is 0 Å². The van der Waals surface area contributed by atoms with Gasteiger partial charge < -0.3 is 14.6 Å². The first kappa shape index (κ1) is 27.7. The van der Waals surface area contributed by atoms with Crippen molar-refractivity contribution in [1.29, 1.82) is 0 Å². The number of ether oxygens (including phenoxy) is 2. The summed E-state index contributed by atoms with van der Waals surface area (Å²) in [5, 5.41) is 15.0. The molecule has 2 N–H and O–H groups in total. The number of aromatic hydroxyl groups is 1. The minimum Gasteiger partial charge on any atom is -0.507 e. The van der Waals surface area contributed by atoms with Crippen LogP contribution in [0, 0.1) is 0 Å². The number of halogens is 1. The summed E-state index contributed by atoms with van der Waals surface area (Å²) in [4.78, 5) is 12.4. The van der Waals surface area contributed by atoms with Crippen LogP contribution < -0.4 is 14.9 Å². The molecule has 0 radical (unpaired) electrons. The maximum Gasteiger partial charge on any atom is 0.240 e. The van der Waals surface area contributed by atoms with Crippen molar-refractivity contribution < 1.29 is 19.4 Å². The van der Waals surface area contributed by atoms with E-state index < -0.39 is 0 Å². The molecule has 34 heavy (non-hydrogen) atoms. The number of aryl methyl sites for hydroxylation is 1. The molecule has 0 aliphatic carbocycles. The van der Waals surface area contributed by atoms with Crippen LogP contribution in [-0.2, 0) is 22.0 Å². The summed E-state index contributed by atoms with van der Waals surface area (Å²) in [5.41, 5.74) is 5.74. The predicted molar refractivity (Wildman–Crippen MR) is 141 cm³/mol. The minimum atomic E-state index is -0.209. The van der Waals surface area contributed by atoms with E-state index in [0.29, 0.717) is 30.3 Å². The summed E-state index contributed by atoms with van der Waals surface area (Å²) < 4.78 is 11.7. The van der Waals surface area contributed by atoms with Crippen LogP contribution in [0.15, 0.2) is 33.8 Å². The van der Waals surface area contributed by atoms with Crippen LogP contribution in [0.25, 0.3) is 0 Å².